The van der Waals surface area contributed by atoms with Crippen LogP contribution in [0.5, 0.6) is 0 Å². The highest BCUT2D eigenvalue weighted by molar-refractivity contribution is 7.08. The molecule has 2 heterocycles. The van der Waals surface area contributed by atoms with Gasteiger partial charge in [0, 0.05) is 24.9 Å². The molecule has 1 fully saturated rings. The van der Waals surface area contributed by atoms with Gasteiger partial charge in [-0.25, -0.2) is 4.79 Å². The van der Waals surface area contributed by atoms with E-state index >= 15 is 0 Å². The topological polar surface area (TPSA) is 125 Å². The molecule has 27 heavy (non-hydrogen) atoms. The molecule has 1 aromatic heterocycles. The highest BCUT2D eigenvalue weighted by Crippen LogP contribution is 2.52. The lowest BCUT2D eigenvalue weighted by Crippen LogP contribution is -2.51. The lowest BCUT2D eigenvalue weighted by Gasteiger charge is -2.45. The molecular formula is C19H17N5O2S. The maximum atomic E-state index is 12.2. The molecule has 3 rings (SSSR count). The van der Waals surface area contributed by atoms with Gasteiger partial charge in [-0.1, -0.05) is 0 Å². The van der Waals surface area contributed by atoms with Crippen LogP contribution in [-0.2, 0) is 4.74 Å². The van der Waals surface area contributed by atoms with E-state index in [9.17, 15) is 20.6 Å². The minimum Gasteiger partial charge on any atom is -0.450 e. The van der Waals surface area contributed by atoms with Crippen LogP contribution in [-0.4, -0.2) is 36.4 Å². The third-order valence-electron chi connectivity index (χ3n) is 5.24. The van der Waals surface area contributed by atoms with Gasteiger partial charge in [-0.2, -0.15) is 27.1 Å². The summed E-state index contributed by atoms with van der Waals surface area (Å²) in [6.45, 7) is 2.61. The summed E-state index contributed by atoms with van der Waals surface area (Å²) in [5.41, 5.74) is -0.364. The van der Waals surface area contributed by atoms with Crippen LogP contribution in [0.4, 0.5) is 4.79 Å². The van der Waals surface area contributed by atoms with Crippen molar-refractivity contribution in [3.8, 4) is 18.2 Å². The molecule has 2 aliphatic rings. The van der Waals surface area contributed by atoms with E-state index in [0.29, 0.717) is 13.0 Å². The SMILES string of the molecule is CCOC(=O)N1CCC2=C(C#N)C(=N)C(C#N)(C#N)[C@H](c3ccsc3)[C@H]2C1. The lowest BCUT2D eigenvalue weighted by atomic mass is 9.57. The molecule has 1 saturated heterocycles. The Balaban J connectivity index is 2.17. The van der Waals surface area contributed by atoms with Crippen molar-refractivity contribution in [1.29, 1.82) is 21.2 Å². The van der Waals surface area contributed by atoms with Gasteiger partial charge in [0.05, 0.1) is 30.0 Å². The van der Waals surface area contributed by atoms with Crippen LogP contribution in [0.25, 0.3) is 0 Å². The van der Waals surface area contributed by atoms with Gasteiger partial charge in [0.2, 0.25) is 0 Å². The van der Waals surface area contributed by atoms with Gasteiger partial charge in [-0.15, -0.1) is 0 Å². The summed E-state index contributed by atoms with van der Waals surface area (Å²) < 4.78 is 5.10. The molecule has 0 radical (unpaired) electrons. The van der Waals surface area contributed by atoms with E-state index in [0.717, 1.165) is 11.1 Å². The second-order valence-electron chi connectivity index (χ2n) is 6.45. The number of hydrogen-bond acceptors (Lipinski definition) is 7. The number of thiophene rings is 1. The zero-order valence-corrected chi connectivity index (χ0v) is 15.5. The first-order chi connectivity index (χ1) is 13.0. The molecular weight excluding hydrogens is 362 g/mol. The minimum atomic E-state index is -1.77. The molecule has 0 spiro atoms. The summed E-state index contributed by atoms with van der Waals surface area (Å²) in [4.78, 5) is 13.8. The van der Waals surface area contributed by atoms with E-state index in [-0.39, 0.29) is 30.4 Å². The predicted octanol–water partition coefficient (Wildman–Crippen LogP) is 3.20. The number of likely N-dealkylation sites (tertiary alicyclic amines) is 1. The van der Waals surface area contributed by atoms with Crippen LogP contribution in [0.1, 0.15) is 24.8 Å². The first kappa shape index (κ1) is 18.6. The maximum Gasteiger partial charge on any atom is 0.409 e. The van der Waals surface area contributed by atoms with Gasteiger partial charge < -0.3 is 15.0 Å². The fraction of sp³-hybridized carbons (Fsp3) is 0.421. The molecule has 0 unspecified atom stereocenters. The monoisotopic (exact) mass is 379 g/mol. The second kappa shape index (κ2) is 7.23. The van der Waals surface area contributed by atoms with Crippen molar-refractivity contribution in [3.63, 3.8) is 0 Å². The first-order valence-electron chi connectivity index (χ1n) is 8.52. The molecule has 1 amide bonds. The molecule has 1 aromatic rings. The predicted molar refractivity (Wildman–Crippen MR) is 97.8 cm³/mol. The van der Waals surface area contributed by atoms with Gasteiger partial charge in [-0.3, -0.25) is 0 Å². The highest BCUT2D eigenvalue weighted by Gasteiger charge is 2.56. The summed E-state index contributed by atoms with van der Waals surface area (Å²) in [6.07, 6.45) is -0.0261. The van der Waals surface area contributed by atoms with Crippen molar-refractivity contribution < 1.29 is 9.53 Å². The number of hydrogen-bond donors (Lipinski definition) is 1. The molecule has 8 heteroatoms. The van der Waals surface area contributed by atoms with E-state index in [4.69, 9.17) is 10.1 Å². The quantitative estimate of drug-likeness (QED) is 0.844. The van der Waals surface area contributed by atoms with Crippen molar-refractivity contribution >= 4 is 23.1 Å². The highest BCUT2D eigenvalue weighted by atomic mass is 32.1. The van der Waals surface area contributed by atoms with Crippen LogP contribution in [0, 0.1) is 50.7 Å². The van der Waals surface area contributed by atoms with E-state index in [2.05, 4.69) is 0 Å². The molecule has 136 valence electrons. The lowest BCUT2D eigenvalue weighted by molar-refractivity contribution is 0.0917. The number of allylic oxidation sites excluding steroid dienone is 1. The van der Waals surface area contributed by atoms with E-state index < -0.39 is 17.4 Å². The Labute approximate surface area is 161 Å². The molecule has 7 nitrogen and oxygen atoms in total. The number of rotatable bonds is 2. The van der Waals surface area contributed by atoms with E-state index in [1.165, 1.54) is 11.3 Å². The molecule has 0 saturated carbocycles. The Kier molecular flexibility index (Phi) is 4.99. The van der Waals surface area contributed by atoms with Crippen LogP contribution in [0.2, 0.25) is 0 Å². The van der Waals surface area contributed by atoms with E-state index in [1.54, 1.807) is 11.8 Å². The molecule has 0 bridgehead atoms. The Hall–Kier alpha value is -3.15. The molecule has 2 atom stereocenters. The van der Waals surface area contributed by atoms with Gasteiger partial charge >= 0.3 is 6.09 Å². The van der Waals surface area contributed by atoms with Crippen LogP contribution < -0.4 is 0 Å². The Morgan fingerprint density at radius 2 is 2.19 bits per heavy atom. The molecule has 1 aliphatic heterocycles. The Morgan fingerprint density at radius 3 is 2.74 bits per heavy atom. The van der Waals surface area contributed by atoms with E-state index in [1.807, 2.05) is 35.0 Å². The Morgan fingerprint density at radius 1 is 1.44 bits per heavy atom. The van der Waals surface area contributed by atoms with Crippen LogP contribution in [0.15, 0.2) is 28.0 Å². The minimum absolute atomic E-state index is 0.109. The smallest absolute Gasteiger partial charge is 0.409 e. The summed E-state index contributed by atoms with van der Waals surface area (Å²) in [5.74, 6) is -1.00. The van der Waals surface area contributed by atoms with Gasteiger partial charge in [0.25, 0.3) is 0 Å². The first-order valence-corrected chi connectivity index (χ1v) is 9.47. The fourth-order valence-electron chi connectivity index (χ4n) is 4.03. The van der Waals surface area contributed by atoms with Crippen LogP contribution in [0.3, 0.4) is 0 Å². The van der Waals surface area contributed by atoms with Crippen molar-refractivity contribution in [1.82, 2.24) is 4.90 Å². The van der Waals surface area contributed by atoms with Gasteiger partial charge in [-0.05, 0) is 41.3 Å². The average Bonchev–Trinajstić information content (AvgIpc) is 3.21. The van der Waals surface area contributed by atoms with Crippen molar-refractivity contribution in [2.75, 3.05) is 19.7 Å². The number of carbonyl (C=O) groups is 1. The standard InChI is InChI=1S/C19H17N5O2S/c1-2-26-18(25)24-5-3-13-14(7-20)17(23)19(10-21,11-22)16(15(13)8-24)12-4-6-27-9-12/h4,6,9,15-16,23H,2-3,5,8H2,1H3/t15-,16+/m0/s1. The zero-order valence-electron chi connectivity index (χ0n) is 14.7. The normalized spacial score (nSPS) is 23.6. The molecule has 1 aliphatic carbocycles. The number of ether oxygens (including phenoxy) is 1. The zero-order chi connectivity index (χ0) is 19.6. The third-order valence-corrected chi connectivity index (χ3v) is 5.94. The number of nitrogens with one attached hydrogen (secondary N) is 1. The largest absolute Gasteiger partial charge is 0.450 e. The number of piperidine rings is 1. The summed E-state index contributed by atoms with van der Waals surface area (Å²) >= 11 is 1.44. The number of nitriles is 3. The number of fused-ring (bicyclic) bond motifs is 1. The average molecular weight is 379 g/mol. The van der Waals surface area contributed by atoms with Gasteiger partial charge in [0.15, 0.2) is 5.41 Å². The summed E-state index contributed by atoms with van der Waals surface area (Å²) in [6, 6.07) is 7.91. The molecule has 0 aromatic carbocycles. The van der Waals surface area contributed by atoms with Crippen molar-refractivity contribution in [2.24, 2.45) is 11.3 Å². The Bertz CT molecular complexity index is 915. The van der Waals surface area contributed by atoms with Crippen LogP contribution >= 0.6 is 11.3 Å². The van der Waals surface area contributed by atoms with Crippen molar-refractivity contribution in [3.05, 3.63) is 33.5 Å². The number of carbonyl (C=O) groups excluding carboxylic acids is 1. The summed E-state index contributed by atoms with van der Waals surface area (Å²) in [5, 5.41) is 41.6. The van der Waals surface area contributed by atoms with Crippen molar-refractivity contribution in [2.45, 2.75) is 19.3 Å². The second-order valence-corrected chi connectivity index (χ2v) is 7.23. The molecule has 1 N–H and O–H groups in total. The number of amides is 1. The summed E-state index contributed by atoms with van der Waals surface area (Å²) in [7, 11) is 0. The van der Waals surface area contributed by atoms with Gasteiger partial charge in [0.1, 0.15) is 6.07 Å². The third kappa shape index (κ3) is 2.77. The number of nitrogens with zero attached hydrogens (tertiary/aromatic N) is 4. The maximum absolute atomic E-state index is 12.2. The fourth-order valence-corrected chi connectivity index (χ4v) is 4.73.